The highest BCUT2D eigenvalue weighted by molar-refractivity contribution is 5.45. The maximum atomic E-state index is 5.67. The molecule has 0 bridgehead atoms. The smallest absolute Gasteiger partial charge is 0.256 e. The number of nitrogens with two attached hydrogens (primary N) is 1. The van der Waals surface area contributed by atoms with E-state index >= 15 is 0 Å². The lowest BCUT2D eigenvalue weighted by Gasteiger charge is -2.02. The molecule has 1 rings (SSSR count). The minimum atomic E-state index is 0.559. The van der Waals surface area contributed by atoms with Crippen molar-refractivity contribution in [3.63, 3.8) is 0 Å². The SMILES string of the molecule is CCCCCCOc1nn(C)cc1N. The predicted molar refractivity (Wildman–Crippen MR) is 57.3 cm³/mol. The fourth-order valence-corrected chi connectivity index (χ4v) is 1.30. The van der Waals surface area contributed by atoms with Gasteiger partial charge in [0.05, 0.1) is 12.8 Å². The first-order chi connectivity index (χ1) is 6.74. The van der Waals surface area contributed by atoms with Crippen LogP contribution in [0.25, 0.3) is 0 Å². The van der Waals surface area contributed by atoms with Gasteiger partial charge in [0.15, 0.2) is 0 Å². The van der Waals surface area contributed by atoms with Crippen molar-refractivity contribution in [3.8, 4) is 5.88 Å². The molecule has 0 atom stereocenters. The van der Waals surface area contributed by atoms with Crippen LogP contribution in [-0.4, -0.2) is 16.4 Å². The molecule has 1 aromatic heterocycles. The normalized spacial score (nSPS) is 10.4. The van der Waals surface area contributed by atoms with Gasteiger partial charge >= 0.3 is 0 Å². The Labute approximate surface area is 85.0 Å². The van der Waals surface area contributed by atoms with Crippen molar-refractivity contribution in [1.29, 1.82) is 0 Å². The number of nitrogen functional groups attached to an aromatic ring is 1. The highest BCUT2D eigenvalue weighted by atomic mass is 16.5. The van der Waals surface area contributed by atoms with E-state index in [2.05, 4.69) is 12.0 Å². The van der Waals surface area contributed by atoms with Gasteiger partial charge in [-0.25, -0.2) is 0 Å². The number of aryl methyl sites for hydroxylation is 1. The highest BCUT2D eigenvalue weighted by Crippen LogP contribution is 2.17. The van der Waals surface area contributed by atoms with Crippen LogP contribution in [0.1, 0.15) is 32.6 Å². The second kappa shape index (κ2) is 5.52. The molecule has 14 heavy (non-hydrogen) atoms. The molecule has 0 spiro atoms. The van der Waals surface area contributed by atoms with Crippen LogP contribution in [0.5, 0.6) is 5.88 Å². The van der Waals surface area contributed by atoms with Crippen molar-refractivity contribution in [1.82, 2.24) is 9.78 Å². The average Bonchev–Trinajstić information content (AvgIpc) is 2.45. The summed E-state index contributed by atoms with van der Waals surface area (Å²) >= 11 is 0. The fourth-order valence-electron chi connectivity index (χ4n) is 1.30. The molecule has 80 valence electrons. The maximum Gasteiger partial charge on any atom is 0.256 e. The number of anilines is 1. The third-order valence-corrected chi connectivity index (χ3v) is 2.06. The lowest BCUT2D eigenvalue weighted by molar-refractivity contribution is 0.292. The van der Waals surface area contributed by atoms with Gasteiger partial charge in [-0.05, 0) is 6.42 Å². The number of aromatic nitrogens is 2. The van der Waals surface area contributed by atoms with E-state index < -0.39 is 0 Å². The average molecular weight is 197 g/mol. The van der Waals surface area contributed by atoms with Crippen LogP contribution < -0.4 is 10.5 Å². The molecule has 4 nitrogen and oxygen atoms in total. The van der Waals surface area contributed by atoms with Crippen molar-refractivity contribution in [2.24, 2.45) is 7.05 Å². The number of hydrogen-bond acceptors (Lipinski definition) is 3. The lowest BCUT2D eigenvalue weighted by Crippen LogP contribution is -2.00. The lowest BCUT2D eigenvalue weighted by atomic mass is 10.2. The van der Waals surface area contributed by atoms with E-state index in [0.29, 0.717) is 18.2 Å². The van der Waals surface area contributed by atoms with E-state index in [1.54, 1.807) is 10.9 Å². The van der Waals surface area contributed by atoms with Crippen LogP contribution in [0.3, 0.4) is 0 Å². The van der Waals surface area contributed by atoms with Gasteiger partial charge < -0.3 is 10.5 Å². The minimum absolute atomic E-state index is 0.559. The predicted octanol–water partition coefficient (Wildman–Crippen LogP) is 1.96. The summed E-state index contributed by atoms with van der Waals surface area (Å²) in [6.45, 7) is 2.90. The molecule has 1 aromatic rings. The topological polar surface area (TPSA) is 53.1 Å². The van der Waals surface area contributed by atoms with E-state index in [1.807, 2.05) is 7.05 Å². The summed E-state index contributed by atoms with van der Waals surface area (Å²) in [6.07, 6.45) is 6.54. The molecule has 0 saturated carbocycles. The molecule has 4 heteroatoms. The summed E-state index contributed by atoms with van der Waals surface area (Å²) in [4.78, 5) is 0. The van der Waals surface area contributed by atoms with Crippen LogP contribution in [0.2, 0.25) is 0 Å². The summed E-state index contributed by atoms with van der Waals surface area (Å²) in [5.74, 6) is 0.559. The van der Waals surface area contributed by atoms with Gasteiger partial charge in [-0.15, -0.1) is 5.10 Å². The van der Waals surface area contributed by atoms with Gasteiger partial charge in [0, 0.05) is 7.05 Å². The molecule has 0 saturated heterocycles. The first-order valence-electron chi connectivity index (χ1n) is 5.16. The van der Waals surface area contributed by atoms with Crippen molar-refractivity contribution < 1.29 is 4.74 Å². The van der Waals surface area contributed by atoms with Gasteiger partial charge in [0.1, 0.15) is 5.69 Å². The number of rotatable bonds is 6. The largest absolute Gasteiger partial charge is 0.475 e. The summed E-state index contributed by atoms with van der Waals surface area (Å²) in [7, 11) is 1.83. The second-order valence-corrected chi connectivity index (χ2v) is 3.47. The molecule has 2 N–H and O–H groups in total. The number of unbranched alkanes of at least 4 members (excludes halogenated alkanes) is 3. The standard InChI is InChI=1S/C10H19N3O/c1-3-4-5-6-7-14-10-9(11)8-13(2)12-10/h8H,3-7,11H2,1-2H3. The molecular formula is C10H19N3O. The van der Waals surface area contributed by atoms with E-state index in [9.17, 15) is 0 Å². The number of ether oxygens (including phenoxy) is 1. The molecule has 0 amide bonds. The Balaban J connectivity index is 2.21. The molecule has 0 aliphatic carbocycles. The third-order valence-electron chi connectivity index (χ3n) is 2.06. The zero-order valence-electron chi connectivity index (χ0n) is 8.99. The molecule has 0 aromatic carbocycles. The van der Waals surface area contributed by atoms with E-state index in [-0.39, 0.29) is 0 Å². The van der Waals surface area contributed by atoms with Crippen LogP contribution in [0.15, 0.2) is 6.20 Å². The molecule has 0 unspecified atom stereocenters. The fraction of sp³-hybridized carbons (Fsp3) is 0.700. The Kier molecular flexibility index (Phi) is 4.29. The summed E-state index contributed by atoms with van der Waals surface area (Å²) in [5.41, 5.74) is 6.29. The van der Waals surface area contributed by atoms with Crippen LogP contribution in [0.4, 0.5) is 5.69 Å². The molecule has 0 aliphatic rings. The van der Waals surface area contributed by atoms with E-state index in [1.165, 1.54) is 19.3 Å². The van der Waals surface area contributed by atoms with Gasteiger partial charge in [-0.1, -0.05) is 26.2 Å². The Hall–Kier alpha value is -1.19. The Bertz CT molecular complexity index is 270. The van der Waals surface area contributed by atoms with Crippen molar-refractivity contribution in [3.05, 3.63) is 6.20 Å². The molecule has 1 heterocycles. The number of nitrogens with zero attached hydrogens (tertiary/aromatic N) is 2. The van der Waals surface area contributed by atoms with E-state index in [0.717, 1.165) is 6.42 Å². The minimum Gasteiger partial charge on any atom is -0.475 e. The quantitative estimate of drug-likeness (QED) is 0.709. The van der Waals surface area contributed by atoms with Gasteiger partial charge in [-0.2, -0.15) is 0 Å². The molecule has 0 aliphatic heterocycles. The molecule has 0 radical (unpaired) electrons. The van der Waals surface area contributed by atoms with E-state index in [4.69, 9.17) is 10.5 Å². The molecule has 0 fully saturated rings. The zero-order chi connectivity index (χ0) is 10.4. The van der Waals surface area contributed by atoms with Crippen molar-refractivity contribution >= 4 is 5.69 Å². The molecular weight excluding hydrogens is 178 g/mol. The van der Waals surface area contributed by atoms with Crippen LogP contribution >= 0.6 is 0 Å². The first kappa shape index (κ1) is 10.9. The van der Waals surface area contributed by atoms with Crippen molar-refractivity contribution in [2.75, 3.05) is 12.3 Å². The van der Waals surface area contributed by atoms with Gasteiger partial charge in [0.2, 0.25) is 0 Å². The monoisotopic (exact) mass is 197 g/mol. The zero-order valence-corrected chi connectivity index (χ0v) is 8.99. The highest BCUT2D eigenvalue weighted by Gasteiger charge is 2.03. The van der Waals surface area contributed by atoms with Crippen LogP contribution in [0, 0.1) is 0 Å². The number of hydrogen-bond donors (Lipinski definition) is 1. The second-order valence-electron chi connectivity index (χ2n) is 3.47. The van der Waals surface area contributed by atoms with Gasteiger partial charge in [0.25, 0.3) is 5.88 Å². The summed E-state index contributed by atoms with van der Waals surface area (Å²) in [6, 6.07) is 0. The Morgan fingerprint density at radius 3 is 2.79 bits per heavy atom. The summed E-state index contributed by atoms with van der Waals surface area (Å²) < 4.78 is 7.11. The first-order valence-corrected chi connectivity index (χ1v) is 5.16. The maximum absolute atomic E-state index is 5.67. The van der Waals surface area contributed by atoms with Crippen LogP contribution in [-0.2, 0) is 7.05 Å². The van der Waals surface area contributed by atoms with Crippen molar-refractivity contribution in [2.45, 2.75) is 32.6 Å². The Morgan fingerprint density at radius 2 is 2.21 bits per heavy atom. The third kappa shape index (κ3) is 3.28. The Morgan fingerprint density at radius 1 is 1.43 bits per heavy atom. The summed E-state index contributed by atoms with van der Waals surface area (Å²) in [5, 5.41) is 4.10. The van der Waals surface area contributed by atoms with Gasteiger partial charge in [-0.3, -0.25) is 4.68 Å².